The second kappa shape index (κ2) is 8.58. The molecule has 2 aromatic rings. The summed E-state index contributed by atoms with van der Waals surface area (Å²) >= 11 is 0. The van der Waals surface area contributed by atoms with E-state index in [1.165, 1.54) is 7.11 Å². The summed E-state index contributed by atoms with van der Waals surface area (Å²) in [5, 5.41) is 6.56. The molecule has 5 nitrogen and oxygen atoms in total. The van der Waals surface area contributed by atoms with Crippen molar-refractivity contribution in [2.75, 3.05) is 19.0 Å². The molecule has 1 amide bonds. The number of hydrogen-bond donors (Lipinski definition) is 1. The summed E-state index contributed by atoms with van der Waals surface area (Å²) in [4.78, 5) is 17.0. The lowest BCUT2D eigenvalue weighted by Gasteiger charge is -2.12. The van der Waals surface area contributed by atoms with Crippen molar-refractivity contribution in [1.82, 2.24) is 0 Å². The number of ether oxygens (including phenoxy) is 1. The second-order valence-electron chi connectivity index (χ2n) is 4.84. The molecule has 0 aliphatic rings. The van der Waals surface area contributed by atoms with Crippen molar-refractivity contribution < 1.29 is 14.4 Å². The highest BCUT2D eigenvalue weighted by Gasteiger charge is 2.09. The standard InChI is InChI=1S/C18H20N2O3/c1-3-12-23-17-7-5-4-6-16(17)20-18(21)15-10-8-14(9-11-15)13-19-22-2/h4-11,13H,3,12H2,1-2H3,(H,20,21)/b19-13+. The molecule has 0 aromatic heterocycles. The minimum Gasteiger partial charge on any atom is -0.491 e. The van der Waals surface area contributed by atoms with Gasteiger partial charge in [0.2, 0.25) is 0 Å². The monoisotopic (exact) mass is 312 g/mol. The molecule has 120 valence electrons. The zero-order valence-electron chi connectivity index (χ0n) is 13.3. The third-order valence-electron chi connectivity index (χ3n) is 3.08. The highest BCUT2D eigenvalue weighted by Crippen LogP contribution is 2.24. The van der Waals surface area contributed by atoms with Gasteiger partial charge in [0.25, 0.3) is 5.91 Å². The lowest BCUT2D eigenvalue weighted by molar-refractivity contribution is 0.102. The van der Waals surface area contributed by atoms with Gasteiger partial charge in [0.15, 0.2) is 0 Å². The quantitative estimate of drug-likeness (QED) is 0.626. The number of para-hydroxylation sites is 2. The van der Waals surface area contributed by atoms with Crippen LogP contribution in [0.2, 0.25) is 0 Å². The Morgan fingerprint density at radius 2 is 1.91 bits per heavy atom. The molecule has 0 bridgehead atoms. The van der Waals surface area contributed by atoms with Crippen molar-refractivity contribution >= 4 is 17.8 Å². The number of amides is 1. The number of carbonyl (C=O) groups excluding carboxylic acids is 1. The van der Waals surface area contributed by atoms with Gasteiger partial charge in [-0.05, 0) is 36.2 Å². The van der Waals surface area contributed by atoms with Crippen molar-refractivity contribution in [3.05, 3.63) is 59.7 Å². The van der Waals surface area contributed by atoms with Crippen LogP contribution in [0.4, 0.5) is 5.69 Å². The molecule has 0 aliphatic carbocycles. The van der Waals surface area contributed by atoms with E-state index in [2.05, 4.69) is 15.3 Å². The van der Waals surface area contributed by atoms with Crippen LogP contribution < -0.4 is 10.1 Å². The van der Waals surface area contributed by atoms with Gasteiger partial charge in [-0.3, -0.25) is 4.79 Å². The number of benzene rings is 2. The van der Waals surface area contributed by atoms with Crippen LogP contribution in [0.15, 0.2) is 53.7 Å². The molecule has 0 heterocycles. The van der Waals surface area contributed by atoms with E-state index in [-0.39, 0.29) is 5.91 Å². The van der Waals surface area contributed by atoms with Crippen molar-refractivity contribution in [2.24, 2.45) is 5.16 Å². The molecule has 0 radical (unpaired) electrons. The summed E-state index contributed by atoms with van der Waals surface area (Å²) in [7, 11) is 1.48. The Hall–Kier alpha value is -2.82. The smallest absolute Gasteiger partial charge is 0.255 e. The summed E-state index contributed by atoms with van der Waals surface area (Å²) in [6.45, 7) is 2.65. The number of hydrogen-bond acceptors (Lipinski definition) is 4. The van der Waals surface area contributed by atoms with Gasteiger partial charge in [0.05, 0.1) is 18.5 Å². The second-order valence-corrected chi connectivity index (χ2v) is 4.84. The Morgan fingerprint density at radius 1 is 1.17 bits per heavy atom. The van der Waals surface area contributed by atoms with E-state index in [0.717, 1.165) is 12.0 Å². The normalized spacial score (nSPS) is 10.5. The maximum absolute atomic E-state index is 12.3. The number of anilines is 1. The predicted molar refractivity (Wildman–Crippen MR) is 91.2 cm³/mol. The maximum atomic E-state index is 12.3. The highest BCUT2D eigenvalue weighted by molar-refractivity contribution is 6.05. The minimum atomic E-state index is -0.187. The molecule has 23 heavy (non-hydrogen) atoms. The number of nitrogens with zero attached hydrogens (tertiary/aromatic N) is 1. The first kappa shape index (κ1) is 16.5. The fourth-order valence-corrected chi connectivity index (χ4v) is 1.94. The third kappa shape index (κ3) is 4.85. The minimum absolute atomic E-state index is 0.187. The van der Waals surface area contributed by atoms with Gasteiger partial charge >= 0.3 is 0 Å². The van der Waals surface area contributed by atoms with Crippen molar-refractivity contribution in [3.63, 3.8) is 0 Å². The molecule has 0 aliphatic heterocycles. The van der Waals surface area contributed by atoms with Gasteiger partial charge in [0.1, 0.15) is 12.9 Å². The molecular weight excluding hydrogens is 292 g/mol. The zero-order valence-corrected chi connectivity index (χ0v) is 13.3. The van der Waals surface area contributed by atoms with Gasteiger partial charge in [-0.2, -0.15) is 0 Å². The Bertz CT molecular complexity index is 666. The lowest BCUT2D eigenvalue weighted by atomic mass is 10.1. The Balaban J connectivity index is 2.08. The van der Waals surface area contributed by atoms with Gasteiger partial charge in [-0.1, -0.05) is 36.3 Å². The van der Waals surface area contributed by atoms with Crippen LogP contribution in [0.5, 0.6) is 5.75 Å². The molecule has 2 rings (SSSR count). The van der Waals surface area contributed by atoms with E-state index < -0.39 is 0 Å². The van der Waals surface area contributed by atoms with Gasteiger partial charge in [-0.25, -0.2) is 0 Å². The number of rotatable bonds is 7. The average molecular weight is 312 g/mol. The fourth-order valence-electron chi connectivity index (χ4n) is 1.94. The van der Waals surface area contributed by atoms with Crippen molar-refractivity contribution in [1.29, 1.82) is 0 Å². The van der Waals surface area contributed by atoms with Crippen LogP contribution in [0.1, 0.15) is 29.3 Å². The van der Waals surface area contributed by atoms with Crippen LogP contribution in [0, 0.1) is 0 Å². The first-order chi connectivity index (χ1) is 11.2. The molecule has 1 N–H and O–H groups in total. The van der Waals surface area contributed by atoms with Gasteiger partial charge < -0.3 is 14.9 Å². The van der Waals surface area contributed by atoms with E-state index in [9.17, 15) is 4.79 Å². The van der Waals surface area contributed by atoms with Crippen molar-refractivity contribution in [3.8, 4) is 5.75 Å². The Kier molecular flexibility index (Phi) is 6.17. The van der Waals surface area contributed by atoms with E-state index >= 15 is 0 Å². The topological polar surface area (TPSA) is 59.9 Å². The van der Waals surface area contributed by atoms with Crippen LogP contribution in [0.3, 0.4) is 0 Å². The van der Waals surface area contributed by atoms with Gasteiger partial charge in [-0.15, -0.1) is 0 Å². The summed E-state index contributed by atoms with van der Waals surface area (Å²) in [6.07, 6.45) is 2.49. The van der Waals surface area contributed by atoms with Crippen molar-refractivity contribution in [2.45, 2.75) is 13.3 Å². The maximum Gasteiger partial charge on any atom is 0.255 e. The predicted octanol–water partition coefficient (Wildman–Crippen LogP) is 3.71. The number of oxime groups is 1. The highest BCUT2D eigenvalue weighted by atomic mass is 16.6. The molecule has 2 aromatic carbocycles. The lowest BCUT2D eigenvalue weighted by Crippen LogP contribution is -2.13. The summed E-state index contributed by atoms with van der Waals surface area (Å²) in [5.74, 6) is 0.485. The number of nitrogens with one attached hydrogen (secondary N) is 1. The van der Waals surface area contributed by atoms with E-state index in [1.807, 2.05) is 31.2 Å². The molecule has 0 atom stereocenters. The van der Waals surface area contributed by atoms with E-state index in [4.69, 9.17) is 4.74 Å². The Morgan fingerprint density at radius 3 is 2.61 bits per heavy atom. The fraction of sp³-hybridized carbons (Fsp3) is 0.222. The molecule has 0 saturated carbocycles. The largest absolute Gasteiger partial charge is 0.491 e. The number of carbonyl (C=O) groups is 1. The molecule has 5 heteroatoms. The first-order valence-electron chi connectivity index (χ1n) is 7.44. The average Bonchev–Trinajstić information content (AvgIpc) is 2.59. The summed E-state index contributed by atoms with van der Waals surface area (Å²) in [5.41, 5.74) is 2.08. The molecule has 0 saturated heterocycles. The van der Waals surface area contributed by atoms with E-state index in [0.29, 0.717) is 23.6 Å². The first-order valence-corrected chi connectivity index (χ1v) is 7.44. The zero-order chi connectivity index (χ0) is 16.5. The summed E-state index contributed by atoms with van der Waals surface area (Å²) in [6, 6.07) is 14.5. The molecular formula is C18H20N2O3. The molecule has 0 spiro atoms. The SMILES string of the molecule is CCCOc1ccccc1NC(=O)c1ccc(/C=N/OC)cc1. The van der Waals surface area contributed by atoms with Crippen LogP contribution >= 0.6 is 0 Å². The molecule has 0 unspecified atom stereocenters. The van der Waals surface area contributed by atoms with Crippen LogP contribution in [-0.4, -0.2) is 25.8 Å². The van der Waals surface area contributed by atoms with Crippen LogP contribution in [-0.2, 0) is 4.84 Å². The van der Waals surface area contributed by atoms with Crippen LogP contribution in [0.25, 0.3) is 0 Å². The van der Waals surface area contributed by atoms with E-state index in [1.54, 1.807) is 30.5 Å². The summed E-state index contributed by atoms with van der Waals surface area (Å²) < 4.78 is 5.64. The molecule has 0 fully saturated rings. The third-order valence-corrected chi connectivity index (χ3v) is 3.08. The Labute approximate surface area is 135 Å². The van der Waals surface area contributed by atoms with Gasteiger partial charge in [0, 0.05) is 5.56 Å².